The number of carbonyl (C=O) groups is 1. The third-order valence-electron chi connectivity index (χ3n) is 2.84. The van der Waals surface area contributed by atoms with Crippen LogP contribution in [0, 0.1) is 5.82 Å². The molecule has 21 heavy (non-hydrogen) atoms. The van der Waals surface area contributed by atoms with Gasteiger partial charge in [-0.25, -0.2) is 4.39 Å². The van der Waals surface area contributed by atoms with Crippen LogP contribution in [0.3, 0.4) is 0 Å². The van der Waals surface area contributed by atoms with E-state index in [9.17, 15) is 14.3 Å². The number of carbonyl (C=O) groups excluding carboxylic acids is 1. The topological polar surface area (TPSA) is 58.6 Å². The van der Waals surface area contributed by atoms with E-state index in [0.29, 0.717) is 17.0 Å². The lowest BCUT2D eigenvalue weighted by atomic mass is 10.1. The van der Waals surface area contributed by atoms with Gasteiger partial charge in [-0.15, -0.1) is 0 Å². The first kappa shape index (κ1) is 15.0. The van der Waals surface area contributed by atoms with Gasteiger partial charge in [0.15, 0.2) is 0 Å². The van der Waals surface area contributed by atoms with Crippen LogP contribution < -0.4 is 10.1 Å². The van der Waals surface area contributed by atoms with Gasteiger partial charge in [-0.1, -0.05) is 12.1 Å². The number of aliphatic hydroxyl groups is 1. The van der Waals surface area contributed by atoms with Crippen molar-refractivity contribution in [1.29, 1.82) is 0 Å². The zero-order valence-corrected chi connectivity index (χ0v) is 11.5. The van der Waals surface area contributed by atoms with Crippen molar-refractivity contribution in [3.8, 4) is 5.75 Å². The summed E-state index contributed by atoms with van der Waals surface area (Å²) in [5, 5.41) is 12.6. The number of rotatable bonds is 5. The quantitative estimate of drug-likeness (QED) is 0.889. The minimum Gasteiger partial charge on any atom is -0.491 e. The second kappa shape index (κ2) is 6.85. The third kappa shape index (κ3) is 4.57. The molecule has 110 valence electrons. The Morgan fingerprint density at radius 2 is 1.81 bits per heavy atom. The van der Waals surface area contributed by atoms with E-state index in [1.165, 1.54) is 31.2 Å². The average molecular weight is 289 g/mol. The molecule has 0 saturated carbocycles. The van der Waals surface area contributed by atoms with Gasteiger partial charge in [0.1, 0.15) is 24.3 Å². The fourth-order valence-corrected chi connectivity index (χ4v) is 1.79. The van der Waals surface area contributed by atoms with E-state index in [2.05, 4.69) is 5.32 Å². The van der Waals surface area contributed by atoms with Crippen molar-refractivity contribution in [2.24, 2.45) is 0 Å². The number of anilines is 1. The summed E-state index contributed by atoms with van der Waals surface area (Å²) in [6.07, 6.45) is -0.833. The van der Waals surface area contributed by atoms with Gasteiger partial charge in [-0.3, -0.25) is 4.79 Å². The second-order valence-corrected chi connectivity index (χ2v) is 4.58. The first-order chi connectivity index (χ1) is 10.0. The van der Waals surface area contributed by atoms with Crippen LogP contribution in [0.2, 0.25) is 0 Å². The Labute approximate surface area is 122 Å². The molecule has 5 heteroatoms. The van der Waals surface area contributed by atoms with Gasteiger partial charge in [0.2, 0.25) is 5.91 Å². The van der Waals surface area contributed by atoms with Crippen LogP contribution in [0.4, 0.5) is 10.1 Å². The number of halogens is 1. The van der Waals surface area contributed by atoms with Crippen LogP contribution in [0.1, 0.15) is 18.6 Å². The predicted octanol–water partition coefficient (Wildman–Crippen LogP) is 2.90. The molecule has 0 aliphatic carbocycles. The standard InChI is InChI=1S/C16H16FNO3/c1-11(19)18-14-6-8-15(9-7-14)21-10-16(20)12-2-4-13(17)5-3-12/h2-9,16,20H,10H2,1H3,(H,18,19)/t16-/m0/s1. The van der Waals surface area contributed by atoms with Gasteiger partial charge in [-0.2, -0.15) is 0 Å². The van der Waals surface area contributed by atoms with Crippen LogP contribution in [0.25, 0.3) is 0 Å². The number of aliphatic hydroxyl groups excluding tert-OH is 1. The summed E-state index contributed by atoms with van der Waals surface area (Å²) in [5.41, 5.74) is 1.26. The van der Waals surface area contributed by atoms with Crippen molar-refractivity contribution in [3.63, 3.8) is 0 Å². The van der Waals surface area contributed by atoms with E-state index < -0.39 is 6.10 Å². The fourth-order valence-electron chi connectivity index (χ4n) is 1.79. The molecule has 0 spiro atoms. The number of hydrogen-bond acceptors (Lipinski definition) is 3. The average Bonchev–Trinajstić information content (AvgIpc) is 2.46. The van der Waals surface area contributed by atoms with Gasteiger partial charge in [0, 0.05) is 12.6 Å². The molecule has 0 aromatic heterocycles. The monoisotopic (exact) mass is 289 g/mol. The molecule has 0 aliphatic rings. The molecule has 0 saturated heterocycles. The number of hydrogen-bond donors (Lipinski definition) is 2. The molecule has 0 bridgehead atoms. The van der Waals surface area contributed by atoms with Crippen molar-refractivity contribution in [3.05, 3.63) is 59.9 Å². The van der Waals surface area contributed by atoms with Crippen molar-refractivity contribution in [1.82, 2.24) is 0 Å². The summed E-state index contributed by atoms with van der Waals surface area (Å²) < 4.78 is 18.2. The summed E-state index contributed by atoms with van der Waals surface area (Å²) in [7, 11) is 0. The van der Waals surface area contributed by atoms with Gasteiger partial charge < -0.3 is 15.2 Å². The minimum atomic E-state index is -0.833. The molecular formula is C16H16FNO3. The Morgan fingerprint density at radius 3 is 2.38 bits per heavy atom. The SMILES string of the molecule is CC(=O)Nc1ccc(OC[C@H](O)c2ccc(F)cc2)cc1. The molecule has 0 fully saturated rings. The maximum Gasteiger partial charge on any atom is 0.221 e. The Bertz CT molecular complexity index is 596. The van der Waals surface area contributed by atoms with E-state index in [-0.39, 0.29) is 18.3 Å². The lowest BCUT2D eigenvalue weighted by Crippen LogP contribution is -2.10. The number of amides is 1. The van der Waals surface area contributed by atoms with Gasteiger partial charge in [0.25, 0.3) is 0 Å². The van der Waals surface area contributed by atoms with E-state index >= 15 is 0 Å². The molecule has 0 unspecified atom stereocenters. The van der Waals surface area contributed by atoms with Crippen molar-refractivity contribution in [2.45, 2.75) is 13.0 Å². The lowest BCUT2D eigenvalue weighted by molar-refractivity contribution is -0.114. The molecule has 1 amide bonds. The van der Waals surface area contributed by atoms with Crippen LogP contribution in [-0.2, 0) is 4.79 Å². The largest absolute Gasteiger partial charge is 0.491 e. The predicted molar refractivity (Wildman–Crippen MR) is 77.6 cm³/mol. The minimum absolute atomic E-state index is 0.0606. The smallest absolute Gasteiger partial charge is 0.221 e. The molecule has 4 nitrogen and oxygen atoms in total. The summed E-state index contributed by atoms with van der Waals surface area (Å²) in [5.74, 6) is 0.0843. The Hall–Kier alpha value is -2.40. The maximum atomic E-state index is 12.8. The lowest BCUT2D eigenvalue weighted by Gasteiger charge is -2.13. The summed E-state index contributed by atoms with van der Waals surface area (Å²) in [6, 6.07) is 12.4. The van der Waals surface area contributed by atoms with E-state index in [4.69, 9.17) is 4.74 Å². The molecule has 2 aromatic carbocycles. The van der Waals surface area contributed by atoms with Crippen LogP contribution in [-0.4, -0.2) is 17.6 Å². The summed E-state index contributed by atoms with van der Waals surface area (Å²) >= 11 is 0. The van der Waals surface area contributed by atoms with Crippen molar-refractivity contribution >= 4 is 11.6 Å². The first-order valence-corrected chi connectivity index (χ1v) is 6.48. The number of benzene rings is 2. The Balaban J connectivity index is 1.90. The van der Waals surface area contributed by atoms with Crippen LogP contribution in [0.5, 0.6) is 5.75 Å². The molecule has 0 radical (unpaired) electrons. The summed E-state index contributed by atoms with van der Waals surface area (Å²) in [6.45, 7) is 1.49. The Kier molecular flexibility index (Phi) is 4.90. The Morgan fingerprint density at radius 1 is 1.19 bits per heavy atom. The zero-order chi connectivity index (χ0) is 15.2. The van der Waals surface area contributed by atoms with E-state index in [0.717, 1.165) is 0 Å². The van der Waals surface area contributed by atoms with Crippen LogP contribution >= 0.6 is 0 Å². The normalized spacial score (nSPS) is 11.8. The molecular weight excluding hydrogens is 273 g/mol. The number of ether oxygens (including phenoxy) is 1. The van der Waals surface area contributed by atoms with E-state index in [1.54, 1.807) is 24.3 Å². The molecule has 2 N–H and O–H groups in total. The maximum absolute atomic E-state index is 12.8. The van der Waals surface area contributed by atoms with E-state index in [1.807, 2.05) is 0 Å². The van der Waals surface area contributed by atoms with Gasteiger partial charge in [0.05, 0.1) is 0 Å². The summed E-state index contributed by atoms with van der Waals surface area (Å²) in [4.78, 5) is 10.9. The zero-order valence-electron chi connectivity index (χ0n) is 11.5. The highest BCUT2D eigenvalue weighted by atomic mass is 19.1. The number of nitrogens with one attached hydrogen (secondary N) is 1. The first-order valence-electron chi connectivity index (χ1n) is 6.48. The van der Waals surface area contributed by atoms with Gasteiger partial charge >= 0.3 is 0 Å². The fraction of sp³-hybridized carbons (Fsp3) is 0.188. The molecule has 2 aromatic rings. The van der Waals surface area contributed by atoms with Crippen molar-refractivity contribution < 1.29 is 19.0 Å². The molecule has 0 heterocycles. The molecule has 1 atom stereocenters. The highest BCUT2D eigenvalue weighted by Gasteiger charge is 2.08. The van der Waals surface area contributed by atoms with Crippen LogP contribution in [0.15, 0.2) is 48.5 Å². The molecule has 0 aliphatic heterocycles. The molecule has 2 rings (SSSR count). The highest BCUT2D eigenvalue weighted by Crippen LogP contribution is 2.19. The highest BCUT2D eigenvalue weighted by molar-refractivity contribution is 5.88. The second-order valence-electron chi connectivity index (χ2n) is 4.58. The van der Waals surface area contributed by atoms with Gasteiger partial charge in [-0.05, 0) is 42.0 Å². The third-order valence-corrected chi connectivity index (χ3v) is 2.84. The van der Waals surface area contributed by atoms with Crippen molar-refractivity contribution in [2.75, 3.05) is 11.9 Å².